The van der Waals surface area contributed by atoms with Crippen LogP contribution in [0.25, 0.3) is 0 Å². The molecule has 0 bridgehead atoms. The van der Waals surface area contributed by atoms with Gasteiger partial charge in [0.25, 0.3) is 0 Å². The Bertz CT molecular complexity index is 386. The van der Waals surface area contributed by atoms with Crippen molar-refractivity contribution in [3.05, 3.63) is 10.6 Å². The number of carboxylic acid groups (broad SMARTS) is 1. The van der Waals surface area contributed by atoms with Crippen LogP contribution < -0.4 is 34.7 Å². The van der Waals surface area contributed by atoms with E-state index in [1.807, 2.05) is 0 Å². The van der Waals surface area contributed by atoms with Crippen LogP contribution in [0.1, 0.15) is 6.42 Å². The topological polar surface area (TPSA) is 78.9 Å². The minimum Gasteiger partial charge on any atom is -0.543 e. The smallest absolute Gasteiger partial charge is 0.543 e. The number of thioether (sulfide) groups is 1. The zero-order chi connectivity index (χ0) is 12.4. The van der Waals surface area contributed by atoms with Gasteiger partial charge in [0.1, 0.15) is 0 Å². The van der Waals surface area contributed by atoms with Gasteiger partial charge in [0.2, 0.25) is 5.91 Å². The average Bonchev–Trinajstić information content (AvgIpc) is 2.57. The van der Waals surface area contributed by atoms with E-state index in [1.165, 1.54) is 16.7 Å². The van der Waals surface area contributed by atoms with Crippen molar-refractivity contribution in [2.24, 2.45) is 0 Å². The van der Waals surface area contributed by atoms with Gasteiger partial charge in [0.15, 0.2) is 0 Å². The van der Waals surface area contributed by atoms with Gasteiger partial charge in [-0.1, -0.05) is 11.8 Å². The summed E-state index contributed by atoms with van der Waals surface area (Å²) in [5, 5.41) is 10.9. The van der Waals surface area contributed by atoms with Crippen molar-refractivity contribution in [3.63, 3.8) is 0 Å². The molecule has 0 radical (unpaired) electrons. The zero-order valence-corrected chi connectivity index (χ0v) is 13.1. The minimum atomic E-state index is -1.32. The molecule has 1 fully saturated rings. The molecule has 0 aromatic carbocycles. The van der Waals surface area contributed by atoms with Gasteiger partial charge in [0, 0.05) is 12.0 Å². The standard InChI is InChI=1S/C10H13NO5S.Na/c1-15-2-3-16-5-6-9(10(13)14)11-7(12)4-8(11)17-6;/h8H,2-5H2,1H3,(H,13,14);/q;+1/p-1/t8-;/m1./s1. The van der Waals surface area contributed by atoms with E-state index in [-0.39, 0.29) is 53.1 Å². The van der Waals surface area contributed by atoms with Crippen LogP contribution in [0.5, 0.6) is 0 Å². The molecule has 0 aliphatic carbocycles. The van der Waals surface area contributed by atoms with Crippen LogP contribution in [-0.2, 0) is 19.1 Å². The van der Waals surface area contributed by atoms with Crippen molar-refractivity contribution in [2.75, 3.05) is 26.9 Å². The van der Waals surface area contributed by atoms with Crippen molar-refractivity contribution in [1.29, 1.82) is 0 Å². The first-order valence-corrected chi connectivity index (χ1v) is 6.03. The van der Waals surface area contributed by atoms with Gasteiger partial charge < -0.3 is 19.4 Å². The normalized spacial score (nSPS) is 21.5. The van der Waals surface area contributed by atoms with Crippen LogP contribution in [0, 0.1) is 0 Å². The van der Waals surface area contributed by atoms with Crippen LogP contribution in [-0.4, -0.2) is 49.1 Å². The number of carbonyl (C=O) groups is 2. The number of β-lactam (4-membered cyclic amide) rings is 1. The van der Waals surface area contributed by atoms with Crippen molar-refractivity contribution in [2.45, 2.75) is 11.8 Å². The van der Waals surface area contributed by atoms with Crippen molar-refractivity contribution in [1.82, 2.24) is 4.90 Å². The molecule has 2 aliphatic heterocycles. The van der Waals surface area contributed by atoms with Gasteiger partial charge in [-0.25, -0.2) is 0 Å². The molecular formula is C10H12NNaO5S. The maximum atomic E-state index is 11.3. The third kappa shape index (κ3) is 3.09. The van der Waals surface area contributed by atoms with Gasteiger partial charge in [-0.05, 0) is 0 Å². The molecule has 0 saturated carbocycles. The van der Waals surface area contributed by atoms with E-state index in [2.05, 4.69) is 0 Å². The predicted octanol–water partition coefficient (Wildman–Crippen LogP) is -4.08. The Kier molecular flexibility index (Phi) is 6.16. The third-order valence-corrected chi connectivity index (χ3v) is 3.79. The fourth-order valence-corrected chi connectivity index (χ4v) is 3.05. The van der Waals surface area contributed by atoms with E-state index in [1.54, 1.807) is 7.11 Å². The van der Waals surface area contributed by atoms with Gasteiger partial charge >= 0.3 is 29.6 Å². The number of ether oxygens (including phenoxy) is 2. The van der Waals surface area contributed by atoms with Gasteiger partial charge in [-0.2, -0.15) is 0 Å². The molecule has 1 saturated heterocycles. The second-order valence-corrected chi connectivity index (χ2v) is 4.92. The van der Waals surface area contributed by atoms with Crippen LogP contribution in [0.4, 0.5) is 0 Å². The van der Waals surface area contributed by atoms with Gasteiger partial charge in [-0.15, -0.1) is 0 Å². The summed E-state index contributed by atoms with van der Waals surface area (Å²) in [4.78, 5) is 24.1. The number of methoxy groups -OCH3 is 1. The van der Waals surface area contributed by atoms with E-state index in [9.17, 15) is 14.7 Å². The molecule has 2 rings (SSSR count). The summed E-state index contributed by atoms with van der Waals surface area (Å²) < 4.78 is 10.1. The molecule has 0 spiro atoms. The molecule has 0 N–H and O–H groups in total. The second kappa shape index (κ2) is 6.93. The summed E-state index contributed by atoms with van der Waals surface area (Å²) in [6, 6.07) is 0. The Balaban J connectivity index is 0.00000162. The van der Waals surface area contributed by atoms with Gasteiger partial charge in [-0.3, -0.25) is 9.69 Å². The van der Waals surface area contributed by atoms with Crippen LogP contribution >= 0.6 is 11.8 Å². The molecule has 2 aliphatic rings. The van der Waals surface area contributed by atoms with Gasteiger partial charge in [0.05, 0.1) is 43.3 Å². The number of amides is 1. The van der Waals surface area contributed by atoms with Crippen molar-refractivity contribution in [3.8, 4) is 0 Å². The summed E-state index contributed by atoms with van der Waals surface area (Å²) in [6.45, 7) is 1.02. The molecule has 18 heavy (non-hydrogen) atoms. The molecular weight excluding hydrogens is 269 g/mol. The second-order valence-electron chi connectivity index (χ2n) is 3.64. The average molecular weight is 281 g/mol. The molecule has 0 aromatic rings. The summed E-state index contributed by atoms with van der Waals surface area (Å²) in [5.74, 6) is -1.49. The van der Waals surface area contributed by atoms with Crippen molar-refractivity contribution < 1.29 is 53.7 Å². The number of fused-ring (bicyclic) bond motifs is 1. The Hall–Kier alpha value is -0.0500. The van der Waals surface area contributed by atoms with E-state index in [0.29, 0.717) is 24.5 Å². The Morgan fingerprint density at radius 2 is 2.28 bits per heavy atom. The summed E-state index contributed by atoms with van der Waals surface area (Å²) >= 11 is 1.36. The quantitative estimate of drug-likeness (QED) is 0.280. The van der Waals surface area contributed by atoms with Crippen molar-refractivity contribution >= 4 is 23.6 Å². The third-order valence-electron chi connectivity index (χ3n) is 2.55. The molecule has 0 unspecified atom stereocenters. The number of hydrogen-bond donors (Lipinski definition) is 0. The SMILES string of the molecule is COCCOCC1=C(C(=O)[O-])N2C(=O)C[C@H]2S1.[Na+]. The molecule has 6 nitrogen and oxygen atoms in total. The maximum Gasteiger partial charge on any atom is 1.00 e. The number of carboxylic acids is 1. The minimum absolute atomic E-state index is 0. The molecule has 2 heterocycles. The summed E-state index contributed by atoms with van der Waals surface area (Å²) in [6.07, 6.45) is 0.378. The Labute approximate surface area is 131 Å². The van der Waals surface area contributed by atoms with E-state index >= 15 is 0 Å². The Morgan fingerprint density at radius 1 is 1.56 bits per heavy atom. The number of rotatable bonds is 6. The molecule has 0 aromatic heterocycles. The fourth-order valence-electron chi connectivity index (χ4n) is 1.73. The van der Waals surface area contributed by atoms with E-state index in [0.717, 1.165) is 0 Å². The zero-order valence-electron chi connectivity index (χ0n) is 10.3. The molecule has 1 amide bonds. The van der Waals surface area contributed by atoms with E-state index in [4.69, 9.17) is 9.47 Å². The van der Waals surface area contributed by atoms with Crippen LogP contribution in [0.2, 0.25) is 0 Å². The van der Waals surface area contributed by atoms with Crippen LogP contribution in [0.15, 0.2) is 10.6 Å². The Morgan fingerprint density at radius 3 is 2.83 bits per heavy atom. The fraction of sp³-hybridized carbons (Fsp3) is 0.600. The number of nitrogens with zero attached hydrogens (tertiary/aromatic N) is 1. The summed E-state index contributed by atoms with van der Waals surface area (Å²) in [7, 11) is 1.56. The largest absolute Gasteiger partial charge is 1.00 e. The number of hydrogen-bond acceptors (Lipinski definition) is 6. The monoisotopic (exact) mass is 281 g/mol. The molecule has 8 heteroatoms. The molecule has 94 valence electrons. The first kappa shape index (κ1) is 16.0. The first-order valence-electron chi connectivity index (χ1n) is 5.15. The van der Waals surface area contributed by atoms with E-state index < -0.39 is 5.97 Å². The first-order chi connectivity index (χ1) is 8.15. The number of carbonyl (C=O) groups excluding carboxylic acids is 2. The summed E-state index contributed by atoms with van der Waals surface area (Å²) in [5.41, 5.74) is -0.0336. The predicted molar refractivity (Wildman–Crippen MR) is 57.6 cm³/mol. The van der Waals surface area contributed by atoms with Crippen LogP contribution in [0.3, 0.4) is 0 Å². The maximum absolute atomic E-state index is 11.3. The number of aliphatic carboxylic acids is 1. The molecule has 1 atom stereocenters.